The van der Waals surface area contributed by atoms with Crippen LogP contribution in [0.15, 0.2) is 0 Å². The van der Waals surface area contributed by atoms with Crippen LogP contribution >= 0.6 is 151 Å². The standard InChI is InChI=1S/C12H18Br9O4P/c1-4-7(13)10(16,17)23-26(22,24-11(18,19)8(14)5-2)25-12(20,21)9(15)6-3/h7-9H,4-6H2,1-3H3. The first-order valence-corrected chi connectivity index (χ1v) is 16.3. The third-order valence-corrected chi connectivity index (χ3v) is 17.8. The molecule has 3 unspecified atom stereocenters. The first kappa shape index (κ1) is 30.4. The van der Waals surface area contributed by atoms with Crippen LogP contribution in [0.1, 0.15) is 40.0 Å². The zero-order valence-corrected chi connectivity index (χ0v) is 29.0. The van der Waals surface area contributed by atoms with E-state index in [9.17, 15) is 4.57 Å². The van der Waals surface area contributed by atoms with Gasteiger partial charge in [-0.05, 0) is 115 Å². The van der Waals surface area contributed by atoms with Gasteiger partial charge in [0, 0.05) is 0 Å². The van der Waals surface area contributed by atoms with Crippen LogP contribution in [-0.4, -0.2) is 24.7 Å². The van der Waals surface area contributed by atoms with Gasteiger partial charge in [0.25, 0.3) is 0 Å². The Labute approximate surface area is 230 Å². The van der Waals surface area contributed by atoms with Crippen molar-refractivity contribution in [2.75, 3.05) is 0 Å². The van der Waals surface area contributed by atoms with Crippen molar-refractivity contribution < 1.29 is 18.1 Å². The second kappa shape index (κ2) is 12.6. The van der Waals surface area contributed by atoms with Crippen LogP contribution in [0.25, 0.3) is 0 Å². The Balaban J connectivity index is 5.84. The van der Waals surface area contributed by atoms with Crippen LogP contribution in [0, 0.1) is 0 Å². The van der Waals surface area contributed by atoms with Gasteiger partial charge in [0.1, 0.15) is 0 Å². The molecule has 0 bridgehead atoms. The minimum atomic E-state index is -4.16. The summed E-state index contributed by atoms with van der Waals surface area (Å²) in [6.07, 6.45) is 2.05. The molecule has 0 amide bonds. The van der Waals surface area contributed by atoms with E-state index in [1.807, 2.05) is 20.8 Å². The molecule has 0 saturated heterocycles. The zero-order valence-electron chi connectivity index (χ0n) is 13.8. The minimum absolute atomic E-state index is 0.215. The third-order valence-electron chi connectivity index (χ3n) is 2.87. The summed E-state index contributed by atoms with van der Waals surface area (Å²) in [7, 11) is -4.16. The fourth-order valence-electron chi connectivity index (χ4n) is 1.39. The molecule has 0 rings (SSSR count). The zero-order chi connectivity index (χ0) is 21.0. The average Bonchev–Trinajstić information content (AvgIpc) is 2.49. The van der Waals surface area contributed by atoms with Crippen LogP contribution in [-0.2, 0) is 18.1 Å². The Bertz CT molecular complexity index is 425. The number of hydrogen-bond acceptors (Lipinski definition) is 4. The lowest BCUT2D eigenvalue weighted by molar-refractivity contribution is 0.0751. The fourth-order valence-corrected chi connectivity index (χ4v) is 8.62. The molecular weight excluding hydrogens is 958 g/mol. The van der Waals surface area contributed by atoms with E-state index in [1.165, 1.54) is 0 Å². The summed E-state index contributed by atoms with van der Waals surface area (Å²) in [6, 6.07) is 0. The minimum Gasteiger partial charge on any atom is -0.256 e. The van der Waals surface area contributed by atoms with E-state index in [-0.39, 0.29) is 14.5 Å². The third kappa shape index (κ3) is 9.92. The van der Waals surface area contributed by atoms with E-state index in [1.54, 1.807) is 0 Å². The first-order valence-electron chi connectivity index (χ1n) is 7.34. The van der Waals surface area contributed by atoms with Gasteiger partial charge < -0.3 is 0 Å². The first-order chi connectivity index (χ1) is 11.6. The van der Waals surface area contributed by atoms with Crippen molar-refractivity contribution >= 4 is 151 Å². The largest absolute Gasteiger partial charge is 0.481 e. The van der Waals surface area contributed by atoms with E-state index >= 15 is 0 Å². The Kier molecular flexibility index (Phi) is 14.8. The predicted octanol–water partition coefficient (Wildman–Crippen LogP) is 10.00. The van der Waals surface area contributed by atoms with Gasteiger partial charge >= 0.3 is 7.82 Å². The van der Waals surface area contributed by atoms with Gasteiger partial charge in [-0.25, -0.2) is 4.57 Å². The number of rotatable bonds is 12. The van der Waals surface area contributed by atoms with Gasteiger partial charge in [-0.1, -0.05) is 68.6 Å². The van der Waals surface area contributed by atoms with Crippen molar-refractivity contribution in [3.63, 3.8) is 0 Å². The van der Waals surface area contributed by atoms with E-state index in [0.717, 1.165) is 0 Å². The molecule has 3 atom stereocenters. The van der Waals surface area contributed by atoms with Gasteiger partial charge in [-0.2, -0.15) is 0 Å². The molecule has 0 saturated carbocycles. The lowest BCUT2D eigenvalue weighted by Crippen LogP contribution is -2.35. The SMILES string of the molecule is CCC(Br)C(Br)(Br)OP(=O)(OC(Br)(Br)C(Br)CC)OC(Br)(Br)C(Br)CC. The van der Waals surface area contributed by atoms with Crippen molar-refractivity contribution in [2.24, 2.45) is 0 Å². The van der Waals surface area contributed by atoms with Crippen LogP contribution < -0.4 is 0 Å². The maximum Gasteiger partial charge on any atom is 0.481 e. The van der Waals surface area contributed by atoms with Gasteiger partial charge in [-0.3, -0.25) is 13.6 Å². The molecule has 0 aromatic heterocycles. The monoisotopic (exact) mass is 967 g/mol. The molecule has 158 valence electrons. The second-order valence-corrected chi connectivity index (χ2v) is 20.1. The molecule has 0 aliphatic carbocycles. The van der Waals surface area contributed by atoms with Gasteiger partial charge in [0.05, 0.1) is 14.5 Å². The number of phosphoric acid groups is 1. The van der Waals surface area contributed by atoms with Crippen LogP contribution in [0.3, 0.4) is 0 Å². The van der Waals surface area contributed by atoms with E-state index in [0.29, 0.717) is 19.3 Å². The van der Waals surface area contributed by atoms with E-state index in [4.69, 9.17) is 13.6 Å². The van der Waals surface area contributed by atoms with Crippen molar-refractivity contribution in [3.05, 3.63) is 0 Å². The topological polar surface area (TPSA) is 44.8 Å². The molecule has 0 aliphatic heterocycles. The molecule has 0 N–H and O–H groups in total. The Morgan fingerprint density at radius 2 is 0.846 bits per heavy atom. The highest BCUT2D eigenvalue weighted by Gasteiger charge is 2.52. The van der Waals surface area contributed by atoms with Crippen molar-refractivity contribution in [3.8, 4) is 0 Å². The molecule has 0 heterocycles. The number of alkyl halides is 9. The quantitative estimate of drug-likeness (QED) is 0.144. The summed E-state index contributed by atoms with van der Waals surface area (Å²) < 4.78 is 27.4. The Hall–Kier alpha value is 4.43. The Morgan fingerprint density at radius 3 is 1.00 bits per heavy atom. The summed E-state index contributed by atoms with van der Waals surface area (Å²) in [4.78, 5) is -0.646. The Morgan fingerprint density at radius 1 is 0.654 bits per heavy atom. The molecule has 14 heteroatoms. The molecule has 0 aliphatic rings. The molecule has 4 nitrogen and oxygen atoms in total. The van der Waals surface area contributed by atoms with E-state index in [2.05, 4.69) is 143 Å². The van der Waals surface area contributed by atoms with Crippen LogP contribution in [0.2, 0.25) is 0 Å². The summed E-state index contributed by atoms with van der Waals surface area (Å²) in [5, 5.41) is 0. The lowest BCUT2D eigenvalue weighted by atomic mass is 10.4. The normalized spacial score (nSPS) is 19.7. The van der Waals surface area contributed by atoms with Crippen molar-refractivity contribution in [1.29, 1.82) is 0 Å². The maximum absolute atomic E-state index is 13.6. The molecule has 0 spiro atoms. The summed E-state index contributed by atoms with van der Waals surface area (Å²) in [6.45, 7) is 5.84. The maximum atomic E-state index is 13.6. The molecule has 0 fully saturated rings. The van der Waals surface area contributed by atoms with Crippen molar-refractivity contribution in [2.45, 2.75) is 64.8 Å². The van der Waals surface area contributed by atoms with Gasteiger partial charge in [0.2, 0.25) is 10.3 Å². The number of hydrogen-bond donors (Lipinski definition) is 0. The summed E-state index contributed by atoms with van der Waals surface area (Å²) >= 11 is 30.8. The average molecular weight is 976 g/mol. The lowest BCUT2D eigenvalue weighted by Gasteiger charge is -2.37. The molecule has 0 aromatic carbocycles. The highest BCUT2D eigenvalue weighted by Crippen LogP contribution is 2.66. The highest BCUT2D eigenvalue weighted by molar-refractivity contribution is 9.27. The van der Waals surface area contributed by atoms with E-state index < -0.39 is 18.1 Å². The van der Waals surface area contributed by atoms with Crippen LogP contribution in [0.4, 0.5) is 0 Å². The molecule has 0 aromatic rings. The highest BCUT2D eigenvalue weighted by atomic mass is 79.9. The molecule has 26 heavy (non-hydrogen) atoms. The second-order valence-electron chi connectivity index (χ2n) is 5.03. The number of halogens is 9. The smallest absolute Gasteiger partial charge is 0.256 e. The van der Waals surface area contributed by atoms with Gasteiger partial charge in [-0.15, -0.1) is 0 Å². The molecular formula is C12H18Br9O4P. The molecule has 0 radical (unpaired) electrons. The summed E-state index contributed by atoms with van der Waals surface area (Å²) in [5.74, 6) is 0. The fraction of sp³-hybridized carbons (Fsp3) is 1.00. The number of phosphoric ester groups is 1. The van der Waals surface area contributed by atoms with Crippen LogP contribution in [0.5, 0.6) is 0 Å². The predicted molar refractivity (Wildman–Crippen MR) is 142 cm³/mol. The summed E-state index contributed by atoms with van der Waals surface area (Å²) in [5.41, 5.74) is 0. The van der Waals surface area contributed by atoms with Gasteiger partial charge in [0.15, 0.2) is 0 Å². The van der Waals surface area contributed by atoms with Crippen molar-refractivity contribution in [1.82, 2.24) is 0 Å².